The van der Waals surface area contributed by atoms with Crippen molar-refractivity contribution in [3.63, 3.8) is 0 Å². The van der Waals surface area contributed by atoms with Gasteiger partial charge in [-0.25, -0.2) is 9.78 Å². The summed E-state index contributed by atoms with van der Waals surface area (Å²) in [6.07, 6.45) is 1.00. The minimum Gasteiger partial charge on any atom is -0.444 e. The molecule has 0 aliphatic rings. The van der Waals surface area contributed by atoms with Crippen LogP contribution in [0.5, 0.6) is 11.6 Å². The number of aromatic nitrogens is 2. The molecule has 0 aliphatic heterocycles. The second kappa shape index (κ2) is 6.30. The zero-order valence-corrected chi connectivity index (χ0v) is 12.7. The highest BCUT2D eigenvalue weighted by molar-refractivity contribution is 5.84. The maximum atomic E-state index is 11.6. The first-order valence-corrected chi connectivity index (χ1v) is 6.68. The second-order valence-electron chi connectivity index (χ2n) is 5.51. The van der Waals surface area contributed by atoms with Gasteiger partial charge in [-0.1, -0.05) is 0 Å². The highest BCUT2D eigenvalue weighted by Gasteiger charge is 2.16. The fourth-order valence-corrected chi connectivity index (χ4v) is 1.56. The molecule has 0 saturated carbocycles. The van der Waals surface area contributed by atoms with Crippen LogP contribution in [0.4, 0.5) is 16.4 Å². The fourth-order valence-electron chi connectivity index (χ4n) is 1.56. The number of nitrogen functional groups attached to an aromatic ring is 1. The summed E-state index contributed by atoms with van der Waals surface area (Å²) in [5.41, 5.74) is 5.54. The number of rotatable bonds is 3. The fraction of sp³-hybridized carbons (Fsp3) is 0.267. The lowest BCUT2D eigenvalue weighted by molar-refractivity contribution is 0.0636. The summed E-state index contributed by atoms with van der Waals surface area (Å²) in [6, 6.07) is 8.40. The van der Waals surface area contributed by atoms with Gasteiger partial charge in [0.15, 0.2) is 0 Å². The number of nitrogens with two attached hydrogens (primary N) is 1. The molecule has 0 unspecified atom stereocenters. The van der Waals surface area contributed by atoms with E-state index in [0.29, 0.717) is 17.3 Å². The number of amides is 1. The van der Waals surface area contributed by atoms with Crippen LogP contribution in [0.15, 0.2) is 36.5 Å². The SMILES string of the molecule is CC(C)(C)OC(=O)Nc1ccc(Oc2ccnc(N)n2)cc1. The van der Waals surface area contributed by atoms with Crippen molar-refractivity contribution in [2.75, 3.05) is 11.1 Å². The zero-order valence-electron chi connectivity index (χ0n) is 12.7. The number of hydrogen-bond acceptors (Lipinski definition) is 6. The predicted octanol–water partition coefficient (Wildman–Crippen LogP) is 3.20. The highest BCUT2D eigenvalue weighted by Crippen LogP contribution is 2.22. The molecule has 2 rings (SSSR count). The van der Waals surface area contributed by atoms with Gasteiger partial charge in [-0.2, -0.15) is 4.98 Å². The van der Waals surface area contributed by atoms with Crippen molar-refractivity contribution in [2.24, 2.45) is 0 Å². The van der Waals surface area contributed by atoms with Gasteiger partial charge < -0.3 is 15.2 Å². The topological polar surface area (TPSA) is 99.4 Å². The number of anilines is 2. The Morgan fingerprint density at radius 3 is 2.45 bits per heavy atom. The number of carbonyl (C=O) groups is 1. The summed E-state index contributed by atoms with van der Waals surface area (Å²) >= 11 is 0. The third-order valence-electron chi connectivity index (χ3n) is 2.37. The van der Waals surface area contributed by atoms with Gasteiger partial charge in [0.05, 0.1) is 0 Å². The van der Waals surface area contributed by atoms with Crippen LogP contribution in [0.3, 0.4) is 0 Å². The van der Waals surface area contributed by atoms with Crippen LogP contribution in [0.25, 0.3) is 0 Å². The minimum atomic E-state index is -0.542. The molecule has 1 amide bonds. The Morgan fingerprint density at radius 1 is 1.18 bits per heavy atom. The van der Waals surface area contributed by atoms with E-state index in [1.807, 2.05) is 0 Å². The Kier molecular flexibility index (Phi) is 4.45. The average molecular weight is 302 g/mol. The number of hydrogen-bond donors (Lipinski definition) is 2. The molecule has 1 aromatic heterocycles. The molecule has 0 bridgehead atoms. The van der Waals surface area contributed by atoms with E-state index >= 15 is 0 Å². The number of benzene rings is 1. The molecule has 2 aromatic rings. The van der Waals surface area contributed by atoms with Gasteiger partial charge in [-0.3, -0.25) is 5.32 Å². The summed E-state index contributed by atoms with van der Waals surface area (Å²) < 4.78 is 10.7. The third-order valence-corrected chi connectivity index (χ3v) is 2.37. The summed E-state index contributed by atoms with van der Waals surface area (Å²) in [5, 5.41) is 2.64. The molecular weight excluding hydrogens is 284 g/mol. The summed E-state index contributed by atoms with van der Waals surface area (Å²) in [5.74, 6) is 1.05. The zero-order chi connectivity index (χ0) is 16.2. The van der Waals surface area contributed by atoms with Gasteiger partial charge in [0.25, 0.3) is 0 Å². The van der Waals surface area contributed by atoms with E-state index in [0.717, 1.165) is 0 Å². The first-order chi connectivity index (χ1) is 10.3. The normalized spacial score (nSPS) is 10.9. The lowest BCUT2D eigenvalue weighted by Crippen LogP contribution is -2.27. The van der Waals surface area contributed by atoms with Crippen LogP contribution in [0.2, 0.25) is 0 Å². The van der Waals surface area contributed by atoms with Crippen molar-refractivity contribution in [1.29, 1.82) is 0 Å². The van der Waals surface area contributed by atoms with Crippen LogP contribution in [-0.4, -0.2) is 21.7 Å². The van der Waals surface area contributed by atoms with E-state index in [9.17, 15) is 4.79 Å². The Labute approximate surface area is 128 Å². The summed E-state index contributed by atoms with van der Waals surface area (Å²) in [7, 11) is 0. The molecule has 1 heterocycles. The molecule has 0 aliphatic carbocycles. The van der Waals surface area contributed by atoms with Crippen LogP contribution in [0.1, 0.15) is 20.8 Å². The summed E-state index contributed by atoms with van der Waals surface area (Å²) in [4.78, 5) is 19.4. The van der Waals surface area contributed by atoms with E-state index in [-0.39, 0.29) is 5.95 Å². The van der Waals surface area contributed by atoms with Crippen LogP contribution in [-0.2, 0) is 4.74 Å². The molecular formula is C15H18N4O3. The minimum absolute atomic E-state index is 0.140. The quantitative estimate of drug-likeness (QED) is 0.903. The van der Waals surface area contributed by atoms with Crippen molar-refractivity contribution in [3.05, 3.63) is 36.5 Å². The highest BCUT2D eigenvalue weighted by atomic mass is 16.6. The lowest BCUT2D eigenvalue weighted by atomic mass is 10.2. The van der Waals surface area contributed by atoms with Gasteiger partial charge in [0.1, 0.15) is 11.4 Å². The average Bonchev–Trinajstić information content (AvgIpc) is 2.39. The molecule has 0 saturated heterocycles. The van der Waals surface area contributed by atoms with Crippen molar-refractivity contribution >= 4 is 17.7 Å². The van der Waals surface area contributed by atoms with Gasteiger partial charge in [0, 0.05) is 18.0 Å². The first kappa shape index (κ1) is 15.6. The molecule has 3 N–H and O–H groups in total. The maximum Gasteiger partial charge on any atom is 0.412 e. The smallest absolute Gasteiger partial charge is 0.412 e. The largest absolute Gasteiger partial charge is 0.444 e. The number of ether oxygens (including phenoxy) is 2. The van der Waals surface area contributed by atoms with Gasteiger partial charge in [0.2, 0.25) is 11.8 Å². The van der Waals surface area contributed by atoms with E-state index in [1.165, 1.54) is 6.20 Å². The Morgan fingerprint density at radius 2 is 1.86 bits per heavy atom. The van der Waals surface area contributed by atoms with E-state index in [1.54, 1.807) is 51.1 Å². The Bertz CT molecular complexity index is 651. The van der Waals surface area contributed by atoms with Crippen molar-refractivity contribution in [2.45, 2.75) is 26.4 Å². The van der Waals surface area contributed by atoms with Crippen LogP contribution < -0.4 is 15.8 Å². The molecule has 116 valence electrons. The van der Waals surface area contributed by atoms with Gasteiger partial charge in [-0.15, -0.1) is 0 Å². The standard InChI is InChI=1S/C15H18N4O3/c1-15(2,3)22-14(20)18-10-4-6-11(7-5-10)21-12-8-9-17-13(16)19-12/h4-9H,1-3H3,(H,18,20)(H2,16,17,19). The predicted molar refractivity (Wildman–Crippen MR) is 82.8 cm³/mol. The molecule has 7 heteroatoms. The number of nitrogens with zero attached hydrogens (tertiary/aromatic N) is 2. The molecule has 0 fully saturated rings. The van der Waals surface area contributed by atoms with Gasteiger partial charge in [-0.05, 0) is 45.0 Å². The van der Waals surface area contributed by atoms with Gasteiger partial charge >= 0.3 is 6.09 Å². The number of nitrogens with one attached hydrogen (secondary N) is 1. The molecule has 1 aromatic carbocycles. The molecule has 0 radical (unpaired) electrons. The monoisotopic (exact) mass is 302 g/mol. The Hall–Kier alpha value is -2.83. The second-order valence-corrected chi connectivity index (χ2v) is 5.51. The third kappa shape index (κ3) is 4.93. The summed E-state index contributed by atoms with van der Waals surface area (Å²) in [6.45, 7) is 5.41. The van der Waals surface area contributed by atoms with Crippen molar-refractivity contribution in [1.82, 2.24) is 9.97 Å². The van der Waals surface area contributed by atoms with E-state index < -0.39 is 11.7 Å². The first-order valence-electron chi connectivity index (χ1n) is 6.68. The van der Waals surface area contributed by atoms with Crippen LogP contribution in [0, 0.1) is 0 Å². The van der Waals surface area contributed by atoms with E-state index in [2.05, 4.69) is 15.3 Å². The Balaban J connectivity index is 1.97. The molecule has 7 nitrogen and oxygen atoms in total. The molecule has 0 spiro atoms. The maximum absolute atomic E-state index is 11.6. The lowest BCUT2D eigenvalue weighted by Gasteiger charge is -2.19. The number of carbonyl (C=O) groups excluding carboxylic acids is 1. The van der Waals surface area contributed by atoms with Crippen molar-refractivity contribution < 1.29 is 14.3 Å². The van der Waals surface area contributed by atoms with Crippen molar-refractivity contribution in [3.8, 4) is 11.6 Å². The molecule has 22 heavy (non-hydrogen) atoms. The molecule has 0 atom stereocenters. The van der Waals surface area contributed by atoms with E-state index in [4.69, 9.17) is 15.2 Å². The van der Waals surface area contributed by atoms with Crippen LogP contribution >= 0.6 is 0 Å².